The highest BCUT2D eigenvalue weighted by Gasteiger charge is 1.77. The number of thiophene rings is 1. The van der Waals surface area contributed by atoms with Crippen molar-refractivity contribution in [2.75, 3.05) is 13.2 Å². The fraction of sp³-hybridized carbons (Fsp3) is 0.500. The molecule has 0 saturated heterocycles. The summed E-state index contributed by atoms with van der Waals surface area (Å²) < 4.78 is 6.03. The standard InChI is InChI=1S/C4H3BrS.C4H10O/c5-4-2-1-3-6-4;1-3-5-4-2/h1-3H;3-4H2,1-2H3. The van der Waals surface area contributed by atoms with Gasteiger partial charge >= 0.3 is 0 Å². The van der Waals surface area contributed by atoms with E-state index in [0.29, 0.717) is 0 Å². The van der Waals surface area contributed by atoms with Gasteiger partial charge in [0.05, 0.1) is 3.79 Å². The zero-order chi connectivity index (χ0) is 8.53. The predicted octanol–water partition coefficient (Wildman–Crippen LogP) is 3.55. The van der Waals surface area contributed by atoms with Crippen LogP contribution in [0.15, 0.2) is 21.3 Å². The summed E-state index contributed by atoms with van der Waals surface area (Å²) in [6.45, 7) is 5.67. The monoisotopic (exact) mass is 236 g/mol. The maximum atomic E-state index is 4.83. The molecule has 1 aromatic rings. The second-order valence-electron chi connectivity index (χ2n) is 1.70. The third-order valence-electron chi connectivity index (χ3n) is 0.895. The molecule has 11 heavy (non-hydrogen) atoms. The zero-order valence-electron chi connectivity index (χ0n) is 6.84. The molecule has 0 unspecified atom stereocenters. The third kappa shape index (κ3) is 8.04. The lowest BCUT2D eigenvalue weighted by Crippen LogP contribution is -1.84. The van der Waals surface area contributed by atoms with Gasteiger partial charge in [-0.05, 0) is 41.2 Å². The van der Waals surface area contributed by atoms with Crippen molar-refractivity contribution in [2.45, 2.75) is 13.8 Å². The van der Waals surface area contributed by atoms with Crippen LogP contribution in [0, 0.1) is 0 Å². The summed E-state index contributed by atoms with van der Waals surface area (Å²) in [6, 6.07) is 4.03. The summed E-state index contributed by atoms with van der Waals surface area (Å²) >= 11 is 4.99. The molecular weight excluding hydrogens is 224 g/mol. The van der Waals surface area contributed by atoms with Crippen molar-refractivity contribution in [3.8, 4) is 0 Å². The lowest BCUT2D eigenvalue weighted by molar-refractivity contribution is 0.162. The normalized spacial score (nSPS) is 8.64. The zero-order valence-corrected chi connectivity index (χ0v) is 9.24. The van der Waals surface area contributed by atoms with Crippen molar-refractivity contribution >= 4 is 27.3 Å². The highest BCUT2D eigenvalue weighted by atomic mass is 79.9. The molecule has 0 atom stereocenters. The molecule has 1 heterocycles. The Hall–Kier alpha value is 0.140. The van der Waals surface area contributed by atoms with Crippen molar-refractivity contribution < 1.29 is 4.74 Å². The second-order valence-corrected chi connectivity index (χ2v) is 4.03. The lowest BCUT2D eigenvalue weighted by atomic mass is 10.7. The Morgan fingerprint density at radius 2 is 2.09 bits per heavy atom. The van der Waals surface area contributed by atoms with Crippen molar-refractivity contribution in [2.24, 2.45) is 0 Å². The first kappa shape index (κ1) is 11.1. The van der Waals surface area contributed by atoms with Gasteiger partial charge in [0.15, 0.2) is 0 Å². The van der Waals surface area contributed by atoms with E-state index in [9.17, 15) is 0 Å². The van der Waals surface area contributed by atoms with E-state index in [2.05, 4.69) is 15.9 Å². The second kappa shape index (κ2) is 8.24. The van der Waals surface area contributed by atoms with Crippen molar-refractivity contribution in [1.29, 1.82) is 0 Å². The molecule has 0 aliphatic carbocycles. The van der Waals surface area contributed by atoms with Crippen LogP contribution < -0.4 is 0 Å². The van der Waals surface area contributed by atoms with Gasteiger partial charge in [-0.25, -0.2) is 0 Å². The Balaban J connectivity index is 0.000000187. The summed E-state index contributed by atoms with van der Waals surface area (Å²) in [7, 11) is 0. The van der Waals surface area contributed by atoms with Gasteiger partial charge in [-0.3, -0.25) is 0 Å². The van der Waals surface area contributed by atoms with Crippen LogP contribution in [0.3, 0.4) is 0 Å². The van der Waals surface area contributed by atoms with Crippen LogP contribution in [-0.2, 0) is 4.74 Å². The number of rotatable bonds is 2. The Morgan fingerprint density at radius 3 is 2.18 bits per heavy atom. The molecule has 0 radical (unpaired) electrons. The molecule has 1 nitrogen and oxygen atoms in total. The lowest BCUT2D eigenvalue weighted by Gasteiger charge is -1.86. The van der Waals surface area contributed by atoms with E-state index in [1.54, 1.807) is 11.3 Å². The molecule has 0 saturated carbocycles. The summed E-state index contributed by atoms with van der Waals surface area (Å²) in [5, 5.41) is 2.03. The van der Waals surface area contributed by atoms with Crippen LogP contribution in [0.4, 0.5) is 0 Å². The molecule has 64 valence electrons. The van der Waals surface area contributed by atoms with E-state index >= 15 is 0 Å². The molecule has 0 N–H and O–H groups in total. The highest BCUT2D eigenvalue weighted by Crippen LogP contribution is 2.14. The summed E-state index contributed by atoms with van der Waals surface area (Å²) in [4.78, 5) is 0. The van der Waals surface area contributed by atoms with E-state index in [1.807, 2.05) is 31.4 Å². The average molecular weight is 237 g/mol. The molecule has 0 spiro atoms. The Labute approximate surface area is 80.5 Å². The Morgan fingerprint density at radius 1 is 1.45 bits per heavy atom. The van der Waals surface area contributed by atoms with Gasteiger partial charge in [0.2, 0.25) is 0 Å². The molecule has 3 heteroatoms. The topological polar surface area (TPSA) is 9.23 Å². The summed E-state index contributed by atoms with van der Waals surface area (Å²) in [5.41, 5.74) is 0. The first-order chi connectivity index (χ1) is 5.31. The SMILES string of the molecule is Brc1cccs1.CCOCC. The van der Waals surface area contributed by atoms with E-state index in [1.165, 1.54) is 3.79 Å². The largest absolute Gasteiger partial charge is 0.382 e. The average Bonchev–Trinajstić information content (AvgIpc) is 2.43. The molecule has 0 amide bonds. The molecule has 0 fully saturated rings. The minimum absolute atomic E-state index is 0.844. The van der Waals surface area contributed by atoms with Gasteiger partial charge in [0.25, 0.3) is 0 Å². The molecule has 1 rings (SSSR count). The van der Waals surface area contributed by atoms with E-state index < -0.39 is 0 Å². The van der Waals surface area contributed by atoms with Crippen molar-refractivity contribution in [1.82, 2.24) is 0 Å². The number of ether oxygens (including phenoxy) is 1. The molecule has 1 aromatic heterocycles. The first-order valence-corrected chi connectivity index (χ1v) is 5.25. The van der Waals surface area contributed by atoms with Gasteiger partial charge in [-0.1, -0.05) is 6.07 Å². The number of hydrogen-bond acceptors (Lipinski definition) is 2. The minimum atomic E-state index is 0.844. The maximum absolute atomic E-state index is 4.83. The van der Waals surface area contributed by atoms with Gasteiger partial charge in [-0.2, -0.15) is 0 Å². The Kier molecular flexibility index (Phi) is 8.34. The smallest absolute Gasteiger partial charge is 0.0698 e. The molecule has 0 bridgehead atoms. The van der Waals surface area contributed by atoms with E-state index in [0.717, 1.165) is 13.2 Å². The van der Waals surface area contributed by atoms with Gasteiger partial charge in [0, 0.05) is 13.2 Å². The van der Waals surface area contributed by atoms with Crippen LogP contribution in [0.1, 0.15) is 13.8 Å². The quantitative estimate of drug-likeness (QED) is 0.764. The number of hydrogen-bond donors (Lipinski definition) is 0. The molecule has 0 aliphatic heterocycles. The third-order valence-corrected chi connectivity index (χ3v) is 2.37. The summed E-state index contributed by atoms with van der Waals surface area (Å²) in [6.07, 6.45) is 0. The fourth-order valence-corrected chi connectivity index (χ4v) is 1.38. The van der Waals surface area contributed by atoms with Crippen LogP contribution >= 0.6 is 27.3 Å². The van der Waals surface area contributed by atoms with Gasteiger partial charge < -0.3 is 4.74 Å². The summed E-state index contributed by atoms with van der Waals surface area (Å²) in [5.74, 6) is 0. The van der Waals surface area contributed by atoms with E-state index in [4.69, 9.17) is 4.74 Å². The van der Waals surface area contributed by atoms with Gasteiger partial charge in [0.1, 0.15) is 0 Å². The minimum Gasteiger partial charge on any atom is -0.382 e. The molecule has 0 aromatic carbocycles. The van der Waals surface area contributed by atoms with Crippen LogP contribution in [0.5, 0.6) is 0 Å². The van der Waals surface area contributed by atoms with Crippen molar-refractivity contribution in [3.05, 3.63) is 21.3 Å². The maximum Gasteiger partial charge on any atom is 0.0698 e. The van der Waals surface area contributed by atoms with Crippen molar-refractivity contribution in [3.63, 3.8) is 0 Å². The first-order valence-electron chi connectivity index (χ1n) is 3.58. The predicted molar refractivity (Wildman–Crippen MR) is 54.2 cm³/mol. The van der Waals surface area contributed by atoms with Gasteiger partial charge in [-0.15, -0.1) is 11.3 Å². The fourth-order valence-electron chi connectivity index (χ4n) is 0.463. The molecule has 0 aliphatic rings. The van der Waals surface area contributed by atoms with Crippen LogP contribution in [-0.4, -0.2) is 13.2 Å². The van der Waals surface area contributed by atoms with Crippen LogP contribution in [0.25, 0.3) is 0 Å². The Bertz CT molecular complexity index is 149. The van der Waals surface area contributed by atoms with E-state index in [-0.39, 0.29) is 0 Å². The molecular formula is C8H13BrOS. The highest BCUT2D eigenvalue weighted by molar-refractivity contribution is 9.11. The number of halogens is 1. The van der Waals surface area contributed by atoms with Crippen LogP contribution in [0.2, 0.25) is 0 Å².